The molecule has 0 aliphatic rings. The topological polar surface area (TPSA) is 75.1 Å². The van der Waals surface area contributed by atoms with Crippen molar-refractivity contribution in [1.82, 2.24) is 9.97 Å². The number of hydrogen-bond donors (Lipinski definition) is 2. The first-order valence-corrected chi connectivity index (χ1v) is 5.35. The summed E-state index contributed by atoms with van der Waals surface area (Å²) in [5, 5.41) is 10.8. The highest BCUT2D eigenvalue weighted by Crippen LogP contribution is 1.98. The Hall–Kier alpha value is -1.07. The van der Waals surface area contributed by atoms with E-state index in [2.05, 4.69) is 29.1 Å². The van der Waals surface area contributed by atoms with Crippen LogP contribution >= 0.6 is 23.2 Å². The van der Waals surface area contributed by atoms with Gasteiger partial charge < -0.3 is 10.4 Å². The Bertz CT molecular complexity index is 307. The molecule has 0 amide bonds. The summed E-state index contributed by atoms with van der Waals surface area (Å²) in [6, 6.07) is 2.19. The van der Waals surface area contributed by atoms with E-state index in [1.54, 1.807) is 18.5 Å². The number of hydrogen-bond acceptors (Lipinski definition) is 4. The highest BCUT2D eigenvalue weighted by Gasteiger charge is 2.05. The Morgan fingerprint density at radius 1 is 1.38 bits per heavy atom. The molecule has 1 rings (SSSR count). The molecule has 0 spiro atoms. The zero-order chi connectivity index (χ0) is 12.6. The molecule has 7 heteroatoms. The van der Waals surface area contributed by atoms with Crippen LogP contribution < -0.4 is 5.32 Å². The summed E-state index contributed by atoms with van der Waals surface area (Å²) in [4.78, 5) is 16.1. The number of nitrogens with zero attached hydrogens (tertiary/aromatic N) is 2. The summed E-state index contributed by atoms with van der Waals surface area (Å²) in [5.41, 5.74) is 0. The van der Waals surface area contributed by atoms with Gasteiger partial charge in [0.15, 0.2) is 0 Å². The Morgan fingerprint density at radius 3 is 2.12 bits per heavy atom. The third kappa shape index (κ3) is 8.26. The Morgan fingerprint density at radius 2 is 1.81 bits per heavy atom. The van der Waals surface area contributed by atoms with Crippen LogP contribution in [0, 0.1) is 0 Å². The molecule has 0 radical (unpaired) electrons. The van der Waals surface area contributed by atoms with Crippen LogP contribution in [0.25, 0.3) is 0 Å². The van der Waals surface area contributed by atoms with Crippen LogP contribution in [0.2, 0.25) is 0 Å². The molecule has 90 valence electrons. The molecule has 0 fully saturated rings. The van der Waals surface area contributed by atoms with E-state index in [1.807, 2.05) is 0 Å². The average molecular weight is 266 g/mol. The maximum atomic E-state index is 9.44. The van der Waals surface area contributed by atoms with E-state index < -0.39 is 10.8 Å². The van der Waals surface area contributed by atoms with Gasteiger partial charge in [-0.2, -0.15) is 0 Å². The number of nitrogens with one attached hydrogen (secondary N) is 1. The first kappa shape index (κ1) is 14.9. The molecule has 1 heterocycles. The zero-order valence-corrected chi connectivity index (χ0v) is 10.4. The summed E-state index contributed by atoms with van der Waals surface area (Å²) in [6.45, 7) is 4.10. The number of aromatic nitrogens is 2. The monoisotopic (exact) mass is 265 g/mol. The highest BCUT2D eigenvalue weighted by molar-refractivity contribution is 6.52. The van der Waals surface area contributed by atoms with Crippen LogP contribution in [0.3, 0.4) is 0 Å². The van der Waals surface area contributed by atoms with Gasteiger partial charge in [0.25, 0.3) is 0 Å². The number of alkyl halides is 2. The zero-order valence-electron chi connectivity index (χ0n) is 8.89. The minimum atomic E-state index is -1.29. The predicted molar refractivity (Wildman–Crippen MR) is 63.9 cm³/mol. The molecule has 0 unspecified atom stereocenters. The van der Waals surface area contributed by atoms with Gasteiger partial charge in [0.2, 0.25) is 10.8 Å². The van der Waals surface area contributed by atoms with Crippen molar-refractivity contribution in [3.05, 3.63) is 18.5 Å². The lowest BCUT2D eigenvalue weighted by atomic mass is 10.4. The standard InChI is InChI=1S/C7H11N3.C2H2Cl2O2/c1-6(2)10-7-8-4-3-5-9-7;3-1(4)2(5)6/h3-6H,1-2H3,(H,8,9,10);1H,(H,5,6). The number of rotatable bonds is 3. The van der Waals surface area contributed by atoms with Crippen molar-refractivity contribution in [2.45, 2.75) is 24.7 Å². The second-order valence-electron chi connectivity index (χ2n) is 3.01. The van der Waals surface area contributed by atoms with Crippen molar-refractivity contribution >= 4 is 35.1 Å². The lowest BCUT2D eigenvalue weighted by Gasteiger charge is -2.05. The minimum absolute atomic E-state index is 0.391. The molecule has 0 aliphatic carbocycles. The van der Waals surface area contributed by atoms with Crippen molar-refractivity contribution in [3.8, 4) is 0 Å². The Kier molecular flexibility index (Phi) is 7.58. The molecule has 1 aromatic rings. The molecule has 0 saturated heterocycles. The van der Waals surface area contributed by atoms with Gasteiger partial charge >= 0.3 is 5.97 Å². The largest absolute Gasteiger partial charge is 0.479 e. The molecule has 16 heavy (non-hydrogen) atoms. The molecule has 0 atom stereocenters. The Balaban J connectivity index is 0.000000325. The summed E-state index contributed by atoms with van der Waals surface area (Å²) < 4.78 is 0. The van der Waals surface area contributed by atoms with E-state index in [9.17, 15) is 4.79 Å². The first-order chi connectivity index (χ1) is 7.43. The normalized spacial score (nSPS) is 9.62. The van der Waals surface area contributed by atoms with Crippen molar-refractivity contribution in [1.29, 1.82) is 0 Å². The maximum Gasteiger partial charge on any atom is 0.337 e. The van der Waals surface area contributed by atoms with E-state index in [1.165, 1.54) is 0 Å². The molecule has 0 saturated carbocycles. The van der Waals surface area contributed by atoms with Gasteiger partial charge in [-0.15, -0.1) is 0 Å². The fraction of sp³-hybridized carbons (Fsp3) is 0.444. The lowest BCUT2D eigenvalue weighted by Crippen LogP contribution is -2.11. The van der Waals surface area contributed by atoms with Gasteiger partial charge in [0.1, 0.15) is 0 Å². The first-order valence-electron chi connectivity index (χ1n) is 4.48. The van der Waals surface area contributed by atoms with Crippen molar-refractivity contribution in [2.75, 3.05) is 5.32 Å². The van der Waals surface area contributed by atoms with Crippen molar-refractivity contribution < 1.29 is 9.90 Å². The van der Waals surface area contributed by atoms with Crippen molar-refractivity contribution in [2.24, 2.45) is 0 Å². The third-order valence-electron chi connectivity index (χ3n) is 1.17. The van der Waals surface area contributed by atoms with Gasteiger partial charge in [0.05, 0.1) is 0 Å². The molecule has 5 nitrogen and oxygen atoms in total. The fourth-order valence-corrected chi connectivity index (χ4v) is 0.632. The molecule has 0 bridgehead atoms. The summed E-state index contributed by atoms with van der Waals surface area (Å²) in [6.07, 6.45) is 3.44. The van der Waals surface area contributed by atoms with Crippen LogP contribution in [-0.2, 0) is 4.79 Å². The quantitative estimate of drug-likeness (QED) is 0.820. The lowest BCUT2D eigenvalue weighted by molar-refractivity contribution is -0.135. The molecule has 0 aromatic carbocycles. The third-order valence-corrected chi connectivity index (χ3v) is 1.54. The SMILES string of the molecule is CC(C)Nc1ncccn1.O=C(O)C(Cl)Cl. The van der Waals surface area contributed by atoms with E-state index >= 15 is 0 Å². The predicted octanol–water partition coefficient (Wildman–Crippen LogP) is 2.17. The number of carbonyl (C=O) groups is 1. The number of carboxylic acids is 1. The van der Waals surface area contributed by atoms with Crippen molar-refractivity contribution in [3.63, 3.8) is 0 Å². The van der Waals surface area contributed by atoms with Gasteiger partial charge in [-0.05, 0) is 19.9 Å². The van der Waals surface area contributed by atoms with Crippen LogP contribution in [-0.4, -0.2) is 31.9 Å². The summed E-state index contributed by atoms with van der Waals surface area (Å²) >= 11 is 9.56. The summed E-state index contributed by atoms with van der Waals surface area (Å²) in [7, 11) is 0. The molecule has 1 aromatic heterocycles. The minimum Gasteiger partial charge on any atom is -0.479 e. The number of aliphatic carboxylic acids is 1. The Labute approximate surface area is 104 Å². The molecular formula is C9H13Cl2N3O2. The highest BCUT2D eigenvalue weighted by atomic mass is 35.5. The molecule has 2 N–H and O–H groups in total. The average Bonchev–Trinajstić information content (AvgIpc) is 2.19. The van der Waals surface area contributed by atoms with Gasteiger partial charge in [-0.25, -0.2) is 14.8 Å². The van der Waals surface area contributed by atoms with E-state index in [4.69, 9.17) is 28.3 Å². The van der Waals surface area contributed by atoms with Gasteiger partial charge in [0, 0.05) is 18.4 Å². The van der Waals surface area contributed by atoms with Gasteiger partial charge in [-0.3, -0.25) is 0 Å². The summed E-state index contributed by atoms with van der Waals surface area (Å²) in [5.74, 6) is -0.518. The van der Waals surface area contributed by atoms with E-state index in [-0.39, 0.29) is 0 Å². The van der Waals surface area contributed by atoms with Crippen LogP contribution in [0.15, 0.2) is 18.5 Å². The fourth-order valence-electron chi connectivity index (χ4n) is 0.632. The maximum absolute atomic E-state index is 9.44. The molecular weight excluding hydrogens is 253 g/mol. The van der Waals surface area contributed by atoms with Crippen LogP contribution in [0.5, 0.6) is 0 Å². The van der Waals surface area contributed by atoms with Crippen LogP contribution in [0.1, 0.15) is 13.8 Å². The number of halogens is 2. The second kappa shape index (κ2) is 8.13. The van der Waals surface area contributed by atoms with E-state index in [0.29, 0.717) is 12.0 Å². The number of anilines is 1. The van der Waals surface area contributed by atoms with Crippen LogP contribution in [0.4, 0.5) is 5.95 Å². The smallest absolute Gasteiger partial charge is 0.337 e. The second-order valence-corrected chi connectivity index (χ2v) is 4.11. The number of carboxylic acid groups (broad SMARTS) is 1. The molecule has 0 aliphatic heterocycles. The van der Waals surface area contributed by atoms with E-state index in [0.717, 1.165) is 0 Å². The van der Waals surface area contributed by atoms with Gasteiger partial charge in [-0.1, -0.05) is 23.2 Å².